The van der Waals surface area contributed by atoms with Gasteiger partial charge in [-0.3, -0.25) is 14.9 Å². The van der Waals surface area contributed by atoms with Gasteiger partial charge in [0.25, 0.3) is 0 Å². The molecule has 18 heavy (non-hydrogen) atoms. The Morgan fingerprint density at radius 1 is 1.56 bits per heavy atom. The lowest BCUT2D eigenvalue weighted by Crippen LogP contribution is -2.24. The monoisotopic (exact) mass is 288 g/mol. The van der Waals surface area contributed by atoms with E-state index in [2.05, 4.69) is 12.6 Å². The minimum Gasteiger partial charge on any atom is -0.501 e. The molecule has 2 rings (SSSR count). The molecule has 0 radical (unpaired) electrons. The van der Waals surface area contributed by atoms with Crippen molar-refractivity contribution in [2.45, 2.75) is 11.7 Å². The van der Waals surface area contributed by atoms with Crippen LogP contribution in [0.4, 0.5) is 11.4 Å². The smallest absolute Gasteiger partial charge is 0.314 e. The van der Waals surface area contributed by atoms with E-state index in [0.29, 0.717) is 0 Å². The summed E-state index contributed by atoms with van der Waals surface area (Å²) < 4.78 is 0. The summed E-state index contributed by atoms with van der Waals surface area (Å²) >= 11 is 9.93. The fraction of sp³-hybridized carbons (Fsp3) is 0.300. The van der Waals surface area contributed by atoms with Gasteiger partial charge in [-0.1, -0.05) is 11.6 Å². The second kappa shape index (κ2) is 4.66. The van der Waals surface area contributed by atoms with E-state index in [9.17, 15) is 20.0 Å². The Labute approximate surface area is 113 Å². The Kier molecular flexibility index (Phi) is 3.36. The molecule has 1 fully saturated rings. The molecular formula is C10H9ClN2O4S. The number of carbonyl (C=O) groups is 1. The Morgan fingerprint density at radius 3 is 2.72 bits per heavy atom. The van der Waals surface area contributed by atoms with E-state index in [-0.39, 0.29) is 34.8 Å². The molecule has 1 aromatic carbocycles. The summed E-state index contributed by atoms with van der Waals surface area (Å²) in [6.07, 6.45) is 0.225. The van der Waals surface area contributed by atoms with Gasteiger partial charge < -0.3 is 10.0 Å². The van der Waals surface area contributed by atoms with E-state index in [4.69, 9.17) is 11.6 Å². The zero-order valence-electron chi connectivity index (χ0n) is 9.04. The number of hydrogen-bond donors (Lipinski definition) is 2. The molecule has 1 saturated heterocycles. The number of amides is 1. The van der Waals surface area contributed by atoms with Crippen LogP contribution >= 0.6 is 24.2 Å². The van der Waals surface area contributed by atoms with E-state index in [1.54, 1.807) is 0 Å². The lowest BCUT2D eigenvalue weighted by molar-refractivity contribution is -0.385. The maximum Gasteiger partial charge on any atom is 0.314 e. The number of aromatic hydroxyl groups is 1. The molecule has 0 aromatic heterocycles. The quantitative estimate of drug-likeness (QED) is 0.495. The van der Waals surface area contributed by atoms with Crippen LogP contribution in [0.15, 0.2) is 12.1 Å². The molecule has 1 heterocycles. The first kappa shape index (κ1) is 13.0. The van der Waals surface area contributed by atoms with Crippen molar-refractivity contribution in [1.29, 1.82) is 0 Å². The van der Waals surface area contributed by atoms with Crippen LogP contribution in [0.1, 0.15) is 6.42 Å². The number of rotatable bonds is 2. The first-order chi connectivity index (χ1) is 8.40. The molecule has 1 N–H and O–H groups in total. The van der Waals surface area contributed by atoms with Crippen molar-refractivity contribution in [2.75, 3.05) is 11.4 Å². The number of nitro benzene ring substituents is 1. The van der Waals surface area contributed by atoms with Gasteiger partial charge in [0.05, 0.1) is 10.6 Å². The van der Waals surface area contributed by atoms with Gasteiger partial charge in [-0.25, -0.2) is 0 Å². The number of anilines is 1. The summed E-state index contributed by atoms with van der Waals surface area (Å²) in [6.45, 7) is 0.285. The van der Waals surface area contributed by atoms with Gasteiger partial charge in [-0.05, 0) is 6.07 Å². The molecule has 6 nitrogen and oxygen atoms in total. The molecule has 0 saturated carbocycles. The third-order valence-electron chi connectivity index (χ3n) is 2.63. The number of nitrogens with zero attached hydrogens (tertiary/aromatic N) is 2. The van der Waals surface area contributed by atoms with Crippen LogP contribution in [-0.4, -0.2) is 27.7 Å². The molecule has 1 aliphatic heterocycles. The SMILES string of the molecule is O=C1CC(S)CN1c1cc(Cl)cc([N+](=O)[O-])c1O. The van der Waals surface area contributed by atoms with E-state index >= 15 is 0 Å². The summed E-state index contributed by atoms with van der Waals surface area (Å²) in [7, 11) is 0. The minimum atomic E-state index is -0.747. The van der Waals surface area contributed by atoms with Crippen LogP contribution in [0.25, 0.3) is 0 Å². The predicted octanol–water partition coefficient (Wildman–Crippen LogP) is 1.99. The van der Waals surface area contributed by atoms with Crippen molar-refractivity contribution in [3.63, 3.8) is 0 Å². The molecule has 1 unspecified atom stereocenters. The van der Waals surface area contributed by atoms with Crippen molar-refractivity contribution in [1.82, 2.24) is 0 Å². The van der Waals surface area contributed by atoms with E-state index in [1.807, 2.05) is 0 Å². The Balaban J connectivity index is 2.51. The topological polar surface area (TPSA) is 83.7 Å². The number of nitro groups is 1. The second-order valence-corrected chi connectivity index (χ2v) is 5.08. The average Bonchev–Trinajstić information content (AvgIpc) is 2.60. The molecule has 0 aliphatic carbocycles. The van der Waals surface area contributed by atoms with Crippen molar-refractivity contribution in [2.24, 2.45) is 0 Å². The van der Waals surface area contributed by atoms with Crippen molar-refractivity contribution in [3.8, 4) is 5.75 Å². The summed E-state index contributed by atoms with van der Waals surface area (Å²) in [5.41, 5.74) is -0.469. The Hall–Kier alpha value is -1.47. The van der Waals surface area contributed by atoms with Gasteiger partial charge in [0.1, 0.15) is 0 Å². The molecule has 96 valence electrons. The fourth-order valence-electron chi connectivity index (χ4n) is 1.84. The van der Waals surface area contributed by atoms with Gasteiger partial charge in [-0.2, -0.15) is 12.6 Å². The summed E-state index contributed by atoms with van der Waals surface area (Å²) in [5, 5.41) is 20.5. The highest BCUT2D eigenvalue weighted by Gasteiger charge is 2.32. The van der Waals surface area contributed by atoms with Crippen molar-refractivity contribution >= 4 is 41.5 Å². The molecule has 1 aliphatic rings. The first-order valence-corrected chi connectivity index (χ1v) is 5.95. The number of benzene rings is 1. The third-order valence-corrected chi connectivity index (χ3v) is 3.19. The van der Waals surface area contributed by atoms with Crippen molar-refractivity contribution < 1.29 is 14.8 Å². The highest BCUT2D eigenvalue weighted by Crippen LogP contribution is 2.40. The number of phenols is 1. The molecule has 0 spiro atoms. The first-order valence-electron chi connectivity index (χ1n) is 5.05. The Morgan fingerprint density at radius 2 is 2.22 bits per heavy atom. The number of carbonyl (C=O) groups excluding carboxylic acids is 1. The molecule has 1 aromatic rings. The third kappa shape index (κ3) is 2.23. The summed E-state index contributed by atoms with van der Waals surface area (Å²) in [6, 6.07) is 2.37. The summed E-state index contributed by atoms with van der Waals surface area (Å²) in [5.74, 6) is -0.804. The van der Waals surface area contributed by atoms with E-state index in [0.717, 1.165) is 6.07 Å². The normalized spacial score (nSPS) is 19.3. The van der Waals surface area contributed by atoms with Crippen LogP contribution in [0.3, 0.4) is 0 Å². The fourth-order valence-corrected chi connectivity index (χ4v) is 2.36. The maximum absolute atomic E-state index is 11.7. The van der Waals surface area contributed by atoms with Crippen LogP contribution in [0, 0.1) is 10.1 Å². The van der Waals surface area contributed by atoms with E-state index in [1.165, 1.54) is 11.0 Å². The van der Waals surface area contributed by atoms with Gasteiger partial charge in [-0.15, -0.1) is 0 Å². The van der Waals surface area contributed by atoms with Gasteiger partial charge >= 0.3 is 5.69 Å². The van der Waals surface area contributed by atoms with Gasteiger partial charge in [0.15, 0.2) is 0 Å². The Bertz CT molecular complexity index is 537. The molecule has 1 atom stereocenters. The minimum absolute atomic E-state index is 0.0516. The predicted molar refractivity (Wildman–Crippen MR) is 69.5 cm³/mol. The average molecular weight is 289 g/mol. The number of hydrogen-bond acceptors (Lipinski definition) is 5. The van der Waals surface area contributed by atoms with Crippen LogP contribution < -0.4 is 4.90 Å². The number of phenolic OH excluding ortho intramolecular Hbond substituents is 1. The van der Waals surface area contributed by atoms with Gasteiger partial charge in [0.2, 0.25) is 11.7 Å². The van der Waals surface area contributed by atoms with Crippen LogP contribution in [-0.2, 0) is 4.79 Å². The molecular weight excluding hydrogens is 280 g/mol. The van der Waals surface area contributed by atoms with Crippen molar-refractivity contribution in [3.05, 3.63) is 27.3 Å². The van der Waals surface area contributed by atoms with E-state index < -0.39 is 16.4 Å². The number of thiol groups is 1. The largest absolute Gasteiger partial charge is 0.501 e. The van der Waals surface area contributed by atoms with Crippen LogP contribution in [0.5, 0.6) is 5.75 Å². The lowest BCUT2D eigenvalue weighted by Gasteiger charge is -2.17. The zero-order chi connectivity index (χ0) is 13.4. The zero-order valence-corrected chi connectivity index (χ0v) is 10.7. The maximum atomic E-state index is 11.7. The van der Waals surface area contributed by atoms with Crippen LogP contribution in [0.2, 0.25) is 5.02 Å². The molecule has 8 heteroatoms. The van der Waals surface area contributed by atoms with Gasteiger partial charge in [0, 0.05) is 29.3 Å². The standard InChI is InChI=1S/C10H9ClN2O4S/c11-5-1-7(10(15)8(2-5)13(16)17)12-4-6(18)3-9(12)14/h1-2,6,15,18H,3-4H2. The highest BCUT2D eigenvalue weighted by atomic mass is 35.5. The summed E-state index contributed by atoms with van der Waals surface area (Å²) in [4.78, 5) is 22.9. The molecule has 0 bridgehead atoms. The highest BCUT2D eigenvalue weighted by molar-refractivity contribution is 7.81. The molecule has 1 amide bonds. The number of halogens is 1. The lowest BCUT2D eigenvalue weighted by atomic mass is 10.2. The second-order valence-electron chi connectivity index (χ2n) is 3.91.